The molecule has 2 aromatic carbocycles. The molecule has 5 nitrogen and oxygen atoms in total. The van der Waals surface area contributed by atoms with E-state index in [1.54, 1.807) is 36.7 Å². The Hall–Kier alpha value is -2.73. The molecule has 25 heavy (non-hydrogen) atoms. The van der Waals surface area contributed by atoms with Gasteiger partial charge in [0.15, 0.2) is 0 Å². The monoisotopic (exact) mass is 353 g/mol. The maximum atomic E-state index is 12.2. The smallest absolute Gasteiger partial charge is 0.251 e. The van der Waals surface area contributed by atoms with Crippen LogP contribution in [0.15, 0.2) is 71.9 Å². The third-order valence-corrected chi connectivity index (χ3v) is 4.71. The van der Waals surface area contributed by atoms with Gasteiger partial charge in [-0.1, -0.05) is 30.3 Å². The average molecular weight is 353 g/mol. The van der Waals surface area contributed by atoms with Crippen molar-refractivity contribution in [3.63, 3.8) is 0 Å². The van der Waals surface area contributed by atoms with Crippen LogP contribution in [0.25, 0.3) is 0 Å². The summed E-state index contributed by atoms with van der Waals surface area (Å²) in [6.07, 6.45) is 5.30. The Bertz CT molecular complexity index is 873. The summed E-state index contributed by atoms with van der Waals surface area (Å²) in [6, 6.07) is 16.9. The summed E-state index contributed by atoms with van der Waals surface area (Å²) >= 11 is 0. The second-order valence-corrected chi connectivity index (χ2v) is 7.07. The molecule has 6 heteroatoms. The predicted molar refractivity (Wildman–Crippen MR) is 97.7 cm³/mol. The number of nitrogens with zero attached hydrogens (tertiary/aromatic N) is 2. The van der Waals surface area contributed by atoms with Gasteiger partial charge in [-0.3, -0.25) is 13.7 Å². The zero-order chi connectivity index (χ0) is 17.6. The summed E-state index contributed by atoms with van der Waals surface area (Å²) in [5, 5.41) is 7.20. The van der Waals surface area contributed by atoms with Gasteiger partial charge in [0.05, 0.1) is 12.7 Å². The highest BCUT2D eigenvalue weighted by atomic mass is 32.2. The van der Waals surface area contributed by atoms with E-state index in [9.17, 15) is 9.00 Å². The quantitative estimate of drug-likeness (QED) is 0.741. The number of nitrogens with one attached hydrogen (secondary N) is 1. The first kappa shape index (κ1) is 17.1. The average Bonchev–Trinajstić information content (AvgIpc) is 3.08. The number of carbonyl (C=O) groups excluding carboxylic acids is 1. The molecule has 0 aliphatic carbocycles. The van der Waals surface area contributed by atoms with Crippen LogP contribution in [0.2, 0.25) is 0 Å². The topological polar surface area (TPSA) is 64.0 Å². The molecule has 0 saturated heterocycles. The van der Waals surface area contributed by atoms with Crippen LogP contribution in [-0.4, -0.2) is 26.2 Å². The summed E-state index contributed by atoms with van der Waals surface area (Å²) in [5.41, 5.74) is 2.66. The first-order chi connectivity index (χ1) is 12.1. The number of benzene rings is 2. The van der Waals surface area contributed by atoms with E-state index < -0.39 is 10.8 Å². The molecule has 1 N–H and O–H groups in total. The van der Waals surface area contributed by atoms with E-state index in [0.29, 0.717) is 23.5 Å². The molecule has 1 amide bonds. The van der Waals surface area contributed by atoms with Crippen molar-refractivity contribution >= 4 is 16.7 Å². The van der Waals surface area contributed by atoms with Gasteiger partial charge in [0.1, 0.15) is 0 Å². The number of hydrogen-bond donors (Lipinski definition) is 1. The Labute approximate surface area is 149 Å². The molecule has 0 saturated carbocycles. The Morgan fingerprint density at radius 2 is 1.80 bits per heavy atom. The summed E-state index contributed by atoms with van der Waals surface area (Å²) in [4.78, 5) is 12.9. The second-order valence-electron chi connectivity index (χ2n) is 5.69. The number of hydrogen-bond acceptors (Lipinski definition) is 3. The number of amides is 1. The molecular formula is C19H19N3O2S. The van der Waals surface area contributed by atoms with Gasteiger partial charge >= 0.3 is 0 Å². The lowest BCUT2D eigenvalue weighted by Gasteiger charge is -2.04. The van der Waals surface area contributed by atoms with Crippen LogP contribution >= 0.6 is 0 Å². The first-order valence-corrected chi connectivity index (χ1v) is 9.44. The van der Waals surface area contributed by atoms with Crippen LogP contribution < -0.4 is 5.32 Å². The number of carbonyl (C=O) groups is 1. The Kier molecular flexibility index (Phi) is 5.40. The molecular weight excluding hydrogens is 334 g/mol. The summed E-state index contributed by atoms with van der Waals surface area (Å²) in [5.74, 6) is -0.163. The van der Waals surface area contributed by atoms with Crippen LogP contribution in [0.3, 0.4) is 0 Å². The Balaban J connectivity index is 1.56. The molecule has 128 valence electrons. The standard InChI is InChI=1S/C19H19N3O2S/c1-25(24)18-9-7-17(8-10-18)19(23)20-11-16-12-21-22(14-16)13-15-5-3-2-4-6-15/h2-10,12,14H,11,13H2,1H3,(H,20,23). The third kappa shape index (κ3) is 4.64. The SMILES string of the molecule is CS(=O)c1ccc(C(=O)NCc2cnn(Cc3ccccc3)c2)cc1. The first-order valence-electron chi connectivity index (χ1n) is 7.89. The third-order valence-electron chi connectivity index (χ3n) is 3.78. The highest BCUT2D eigenvalue weighted by molar-refractivity contribution is 7.84. The van der Waals surface area contributed by atoms with Crippen molar-refractivity contribution in [1.82, 2.24) is 15.1 Å². The Morgan fingerprint density at radius 3 is 2.48 bits per heavy atom. The molecule has 1 heterocycles. The van der Waals surface area contributed by atoms with Crippen LogP contribution in [0.5, 0.6) is 0 Å². The maximum absolute atomic E-state index is 12.2. The van der Waals surface area contributed by atoms with Gasteiger partial charge in [0.25, 0.3) is 5.91 Å². The van der Waals surface area contributed by atoms with Gasteiger partial charge in [-0.25, -0.2) is 0 Å². The minimum atomic E-state index is -1.04. The highest BCUT2D eigenvalue weighted by Crippen LogP contribution is 2.08. The second kappa shape index (κ2) is 7.90. The molecule has 0 spiro atoms. The minimum absolute atomic E-state index is 0.163. The van der Waals surface area contributed by atoms with E-state index in [4.69, 9.17) is 0 Å². The molecule has 1 aromatic heterocycles. The van der Waals surface area contributed by atoms with Crippen LogP contribution in [-0.2, 0) is 23.9 Å². The van der Waals surface area contributed by atoms with Gasteiger partial charge in [-0.2, -0.15) is 5.10 Å². The molecule has 3 rings (SSSR count). The molecule has 0 bridgehead atoms. The fraction of sp³-hybridized carbons (Fsp3) is 0.158. The van der Waals surface area contributed by atoms with Crippen molar-refractivity contribution in [1.29, 1.82) is 0 Å². The van der Waals surface area contributed by atoms with Crippen LogP contribution in [0.1, 0.15) is 21.5 Å². The largest absolute Gasteiger partial charge is 0.348 e. The van der Waals surface area contributed by atoms with Crippen LogP contribution in [0, 0.1) is 0 Å². The minimum Gasteiger partial charge on any atom is -0.348 e. The highest BCUT2D eigenvalue weighted by Gasteiger charge is 2.07. The molecule has 0 radical (unpaired) electrons. The van der Waals surface area contributed by atoms with Gasteiger partial charge in [-0.15, -0.1) is 0 Å². The molecule has 0 aliphatic heterocycles. The molecule has 1 atom stereocenters. The molecule has 3 aromatic rings. The molecule has 0 fully saturated rings. The maximum Gasteiger partial charge on any atom is 0.251 e. The van der Waals surface area contributed by atoms with Gasteiger partial charge < -0.3 is 5.32 Å². The van der Waals surface area contributed by atoms with Crippen molar-refractivity contribution in [2.45, 2.75) is 18.0 Å². The lowest BCUT2D eigenvalue weighted by molar-refractivity contribution is 0.0951. The van der Waals surface area contributed by atoms with Crippen molar-refractivity contribution in [3.05, 3.63) is 83.7 Å². The van der Waals surface area contributed by atoms with E-state index in [2.05, 4.69) is 22.5 Å². The van der Waals surface area contributed by atoms with Crippen molar-refractivity contribution in [2.75, 3.05) is 6.26 Å². The fourth-order valence-corrected chi connectivity index (χ4v) is 2.96. The fourth-order valence-electron chi connectivity index (χ4n) is 2.44. The normalized spacial score (nSPS) is 11.9. The van der Waals surface area contributed by atoms with E-state index in [-0.39, 0.29) is 5.91 Å². The predicted octanol–water partition coefficient (Wildman–Crippen LogP) is 2.60. The molecule has 0 aliphatic rings. The van der Waals surface area contributed by atoms with Crippen molar-refractivity contribution < 1.29 is 9.00 Å². The lowest BCUT2D eigenvalue weighted by Crippen LogP contribution is -2.22. The van der Waals surface area contributed by atoms with Gasteiger partial charge in [0, 0.05) is 45.8 Å². The van der Waals surface area contributed by atoms with E-state index in [1.165, 1.54) is 5.56 Å². The summed E-state index contributed by atoms with van der Waals surface area (Å²) in [7, 11) is -1.04. The zero-order valence-corrected chi connectivity index (χ0v) is 14.7. The van der Waals surface area contributed by atoms with Gasteiger partial charge in [-0.05, 0) is 29.8 Å². The van der Waals surface area contributed by atoms with E-state index >= 15 is 0 Å². The number of rotatable bonds is 6. The van der Waals surface area contributed by atoms with E-state index in [0.717, 1.165) is 5.56 Å². The summed E-state index contributed by atoms with van der Waals surface area (Å²) in [6.45, 7) is 1.11. The summed E-state index contributed by atoms with van der Waals surface area (Å²) < 4.78 is 13.2. The van der Waals surface area contributed by atoms with Crippen LogP contribution in [0.4, 0.5) is 0 Å². The van der Waals surface area contributed by atoms with Crippen molar-refractivity contribution in [2.24, 2.45) is 0 Å². The Morgan fingerprint density at radius 1 is 1.08 bits per heavy atom. The number of aromatic nitrogens is 2. The lowest BCUT2D eigenvalue weighted by atomic mass is 10.2. The molecule has 1 unspecified atom stereocenters. The van der Waals surface area contributed by atoms with E-state index in [1.807, 2.05) is 29.1 Å². The zero-order valence-electron chi connectivity index (χ0n) is 13.9. The van der Waals surface area contributed by atoms with Crippen molar-refractivity contribution in [3.8, 4) is 0 Å². The van der Waals surface area contributed by atoms with Gasteiger partial charge in [0.2, 0.25) is 0 Å².